The Hall–Kier alpha value is -1.25. The Morgan fingerprint density at radius 1 is 1.60 bits per heavy atom. The van der Waals surface area contributed by atoms with Crippen LogP contribution < -0.4 is 5.32 Å². The lowest BCUT2D eigenvalue weighted by molar-refractivity contribution is -0.128. The molecule has 106 valence electrons. The Labute approximate surface area is 128 Å². The number of piperazine rings is 1. The maximum atomic E-state index is 11.6. The van der Waals surface area contributed by atoms with Crippen molar-refractivity contribution in [3.8, 4) is 10.7 Å². The van der Waals surface area contributed by atoms with Crippen molar-refractivity contribution in [2.24, 2.45) is 0 Å². The molecule has 1 N–H and O–H groups in total. The SMILES string of the molecule is CC1C(=O)NCCN1Cc1nc(-c2ccc(Br)s2)no1. The van der Waals surface area contributed by atoms with Crippen LogP contribution in [0.1, 0.15) is 12.8 Å². The molecule has 8 heteroatoms. The molecule has 1 unspecified atom stereocenters. The monoisotopic (exact) mass is 356 g/mol. The normalized spacial score (nSPS) is 20.1. The second-order valence-corrected chi connectivity index (χ2v) is 7.02. The Morgan fingerprint density at radius 2 is 2.45 bits per heavy atom. The lowest BCUT2D eigenvalue weighted by Crippen LogP contribution is -2.53. The van der Waals surface area contributed by atoms with Crippen LogP contribution in [0.2, 0.25) is 0 Å². The maximum absolute atomic E-state index is 11.6. The van der Waals surface area contributed by atoms with E-state index in [1.807, 2.05) is 24.0 Å². The predicted octanol–water partition coefficient (Wildman–Crippen LogP) is 1.88. The molecule has 0 bridgehead atoms. The molecule has 1 aliphatic rings. The summed E-state index contributed by atoms with van der Waals surface area (Å²) in [7, 11) is 0. The number of rotatable bonds is 3. The molecule has 2 aromatic heterocycles. The van der Waals surface area contributed by atoms with E-state index in [0.29, 0.717) is 24.8 Å². The number of carbonyl (C=O) groups is 1. The number of carbonyl (C=O) groups excluding carboxylic acids is 1. The third-order valence-corrected chi connectivity index (χ3v) is 4.85. The van der Waals surface area contributed by atoms with Crippen LogP contribution in [0, 0.1) is 0 Å². The van der Waals surface area contributed by atoms with Crippen molar-refractivity contribution in [3.63, 3.8) is 0 Å². The molecule has 0 aliphatic carbocycles. The number of thiophene rings is 1. The Kier molecular flexibility index (Phi) is 3.86. The van der Waals surface area contributed by atoms with Gasteiger partial charge in [-0.3, -0.25) is 9.69 Å². The summed E-state index contributed by atoms with van der Waals surface area (Å²) in [5.41, 5.74) is 0. The topological polar surface area (TPSA) is 71.3 Å². The van der Waals surface area contributed by atoms with Crippen molar-refractivity contribution in [1.29, 1.82) is 0 Å². The van der Waals surface area contributed by atoms with Gasteiger partial charge < -0.3 is 9.84 Å². The fourth-order valence-electron chi connectivity index (χ4n) is 2.07. The van der Waals surface area contributed by atoms with Gasteiger partial charge in [0.25, 0.3) is 0 Å². The zero-order valence-corrected chi connectivity index (χ0v) is 13.2. The molecule has 1 aliphatic heterocycles. The minimum Gasteiger partial charge on any atom is -0.353 e. The molecule has 1 amide bonds. The molecule has 1 saturated heterocycles. The molecular weight excluding hydrogens is 344 g/mol. The highest BCUT2D eigenvalue weighted by atomic mass is 79.9. The number of hydrogen-bond acceptors (Lipinski definition) is 6. The molecule has 0 aromatic carbocycles. The van der Waals surface area contributed by atoms with E-state index in [9.17, 15) is 4.79 Å². The molecule has 20 heavy (non-hydrogen) atoms. The van der Waals surface area contributed by atoms with E-state index >= 15 is 0 Å². The van der Waals surface area contributed by atoms with Crippen molar-refractivity contribution in [1.82, 2.24) is 20.4 Å². The lowest BCUT2D eigenvalue weighted by atomic mass is 10.2. The number of halogens is 1. The van der Waals surface area contributed by atoms with Gasteiger partial charge in [-0.15, -0.1) is 11.3 Å². The van der Waals surface area contributed by atoms with E-state index in [4.69, 9.17) is 4.52 Å². The summed E-state index contributed by atoms with van der Waals surface area (Å²) in [6, 6.07) is 3.72. The van der Waals surface area contributed by atoms with Crippen molar-refractivity contribution >= 4 is 33.2 Å². The summed E-state index contributed by atoms with van der Waals surface area (Å²) < 4.78 is 6.30. The second kappa shape index (κ2) is 5.63. The number of nitrogens with zero attached hydrogens (tertiary/aromatic N) is 3. The summed E-state index contributed by atoms with van der Waals surface area (Å²) in [6.45, 7) is 3.81. The van der Waals surface area contributed by atoms with Gasteiger partial charge in [0.1, 0.15) is 0 Å². The molecule has 0 radical (unpaired) electrons. The Morgan fingerprint density at radius 3 is 3.20 bits per heavy atom. The van der Waals surface area contributed by atoms with Crippen molar-refractivity contribution in [2.75, 3.05) is 13.1 Å². The third kappa shape index (κ3) is 2.77. The smallest absolute Gasteiger partial charge is 0.241 e. The van der Waals surface area contributed by atoms with E-state index < -0.39 is 0 Å². The van der Waals surface area contributed by atoms with Crippen LogP contribution in [0.25, 0.3) is 10.7 Å². The lowest BCUT2D eigenvalue weighted by Gasteiger charge is -2.31. The quantitative estimate of drug-likeness (QED) is 0.908. The van der Waals surface area contributed by atoms with Crippen LogP contribution in [0.3, 0.4) is 0 Å². The van der Waals surface area contributed by atoms with Crippen molar-refractivity contribution in [2.45, 2.75) is 19.5 Å². The molecule has 3 rings (SSSR count). The standard InChI is InChI=1S/C12H13BrN4O2S/c1-7-12(18)14-4-5-17(7)6-10-15-11(16-19-10)8-2-3-9(13)20-8/h2-3,7H,4-6H2,1H3,(H,14,18). The summed E-state index contributed by atoms with van der Waals surface area (Å²) in [5.74, 6) is 1.16. The van der Waals surface area contributed by atoms with Gasteiger partial charge in [-0.1, -0.05) is 5.16 Å². The van der Waals surface area contributed by atoms with Gasteiger partial charge in [-0.25, -0.2) is 0 Å². The van der Waals surface area contributed by atoms with Crippen LogP contribution in [0.15, 0.2) is 20.4 Å². The number of aromatic nitrogens is 2. The van der Waals surface area contributed by atoms with Gasteiger partial charge in [0, 0.05) is 13.1 Å². The molecule has 3 heterocycles. The fraction of sp³-hybridized carbons (Fsp3) is 0.417. The van der Waals surface area contributed by atoms with E-state index in [1.54, 1.807) is 11.3 Å². The molecular formula is C12H13BrN4O2S. The summed E-state index contributed by atoms with van der Waals surface area (Å²) >= 11 is 4.97. The molecule has 2 aromatic rings. The van der Waals surface area contributed by atoms with Crippen LogP contribution in [0.5, 0.6) is 0 Å². The first-order valence-corrected chi connectivity index (χ1v) is 7.84. The molecule has 0 saturated carbocycles. The number of amides is 1. The van der Waals surface area contributed by atoms with Crippen molar-refractivity contribution in [3.05, 3.63) is 21.8 Å². The van der Waals surface area contributed by atoms with Crippen LogP contribution in [0.4, 0.5) is 0 Å². The zero-order chi connectivity index (χ0) is 14.1. The predicted molar refractivity (Wildman–Crippen MR) is 78.2 cm³/mol. The molecule has 1 atom stereocenters. The van der Waals surface area contributed by atoms with Gasteiger partial charge >= 0.3 is 0 Å². The van der Waals surface area contributed by atoms with E-state index in [1.165, 1.54) is 0 Å². The average molecular weight is 357 g/mol. The van der Waals surface area contributed by atoms with Gasteiger partial charge in [0.05, 0.1) is 21.3 Å². The van der Waals surface area contributed by atoms with Gasteiger partial charge in [0.2, 0.25) is 17.6 Å². The van der Waals surface area contributed by atoms with Gasteiger partial charge in [-0.05, 0) is 35.0 Å². The third-order valence-electron chi connectivity index (χ3n) is 3.23. The fourth-order valence-corrected chi connectivity index (χ4v) is 3.39. The largest absolute Gasteiger partial charge is 0.353 e. The van der Waals surface area contributed by atoms with Crippen LogP contribution in [-0.4, -0.2) is 40.1 Å². The summed E-state index contributed by atoms with van der Waals surface area (Å²) in [5, 5.41) is 6.82. The van der Waals surface area contributed by atoms with Gasteiger partial charge in [0.15, 0.2) is 0 Å². The highest BCUT2D eigenvalue weighted by Crippen LogP contribution is 2.29. The van der Waals surface area contributed by atoms with Crippen molar-refractivity contribution < 1.29 is 9.32 Å². The van der Waals surface area contributed by atoms with Gasteiger partial charge in [-0.2, -0.15) is 4.98 Å². The first-order chi connectivity index (χ1) is 9.63. The van der Waals surface area contributed by atoms with Crippen LogP contribution >= 0.6 is 27.3 Å². The van der Waals surface area contributed by atoms with E-state index in [-0.39, 0.29) is 11.9 Å². The summed E-state index contributed by atoms with van der Waals surface area (Å²) in [6.07, 6.45) is 0. The number of hydrogen-bond donors (Lipinski definition) is 1. The minimum atomic E-state index is -0.171. The first-order valence-electron chi connectivity index (χ1n) is 6.23. The van der Waals surface area contributed by atoms with Crippen LogP contribution in [-0.2, 0) is 11.3 Å². The highest BCUT2D eigenvalue weighted by Gasteiger charge is 2.26. The Balaban J connectivity index is 1.72. The van der Waals surface area contributed by atoms with E-state index in [0.717, 1.165) is 15.2 Å². The maximum Gasteiger partial charge on any atom is 0.241 e. The molecule has 6 nitrogen and oxygen atoms in total. The molecule has 0 spiro atoms. The second-order valence-electron chi connectivity index (χ2n) is 4.55. The minimum absolute atomic E-state index is 0.0400. The Bertz CT molecular complexity index is 627. The number of nitrogens with one attached hydrogen (secondary N) is 1. The average Bonchev–Trinajstić information content (AvgIpc) is 3.04. The summed E-state index contributed by atoms with van der Waals surface area (Å²) in [4.78, 5) is 19.0. The van der Waals surface area contributed by atoms with E-state index in [2.05, 4.69) is 31.4 Å². The molecule has 1 fully saturated rings. The first kappa shape index (κ1) is 13.7. The zero-order valence-electron chi connectivity index (χ0n) is 10.8. The highest BCUT2D eigenvalue weighted by molar-refractivity contribution is 9.11.